The SMILES string of the molecule is Cc1cc(=O)c2cc(OCC(O)COc3cc([18F])cc4occc(=O)c34)ccc2o1. The number of fused-ring (bicyclic) bond motifs is 2. The van der Waals surface area contributed by atoms with E-state index in [1.807, 2.05) is 0 Å². The van der Waals surface area contributed by atoms with Crippen LogP contribution in [0.5, 0.6) is 11.5 Å². The predicted molar refractivity (Wildman–Crippen MR) is 107 cm³/mol. The van der Waals surface area contributed by atoms with Crippen molar-refractivity contribution < 1.29 is 27.8 Å². The smallest absolute Gasteiger partial charge is 0.196 e. The molecule has 0 saturated carbocycles. The molecule has 4 rings (SSSR count). The van der Waals surface area contributed by atoms with Gasteiger partial charge in [0.05, 0.1) is 11.6 Å². The van der Waals surface area contributed by atoms with Gasteiger partial charge < -0.3 is 23.4 Å². The molecule has 1 atom stereocenters. The second-order valence-electron chi connectivity index (χ2n) is 6.72. The molecule has 0 aliphatic carbocycles. The summed E-state index contributed by atoms with van der Waals surface area (Å²) in [6.45, 7) is 1.29. The molecule has 1 unspecified atom stereocenters. The Bertz CT molecular complexity index is 1340. The largest absolute Gasteiger partial charge is 0.491 e. The van der Waals surface area contributed by atoms with E-state index in [0.717, 1.165) is 12.1 Å². The van der Waals surface area contributed by atoms with Gasteiger partial charge in [0.15, 0.2) is 10.9 Å². The highest BCUT2D eigenvalue weighted by molar-refractivity contribution is 5.83. The Morgan fingerprint density at radius 3 is 2.63 bits per heavy atom. The van der Waals surface area contributed by atoms with E-state index < -0.39 is 11.9 Å². The van der Waals surface area contributed by atoms with Crippen molar-refractivity contribution in [2.24, 2.45) is 0 Å². The van der Waals surface area contributed by atoms with Gasteiger partial charge in [-0.25, -0.2) is 4.39 Å². The Balaban J connectivity index is 1.44. The molecule has 0 fully saturated rings. The van der Waals surface area contributed by atoms with Crippen LogP contribution in [0.2, 0.25) is 0 Å². The Labute approximate surface area is 168 Å². The van der Waals surface area contributed by atoms with E-state index in [0.29, 0.717) is 22.5 Å². The van der Waals surface area contributed by atoms with Crippen LogP contribution >= 0.6 is 0 Å². The number of benzene rings is 2. The Morgan fingerprint density at radius 1 is 1.00 bits per heavy atom. The number of ether oxygens (including phenoxy) is 2. The first-order valence-corrected chi connectivity index (χ1v) is 9.10. The lowest BCUT2D eigenvalue weighted by atomic mass is 10.2. The molecule has 0 aliphatic heterocycles. The third-order valence-corrected chi connectivity index (χ3v) is 4.39. The third-order valence-electron chi connectivity index (χ3n) is 4.39. The van der Waals surface area contributed by atoms with E-state index in [9.17, 15) is 19.1 Å². The van der Waals surface area contributed by atoms with Gasteiger partial charge in [-0.2, -0.15) is 0 Å². The van der Waals surface area contributed by atoms with Crippen LogP contribution in [-0.2, 0) is 0 Å². The summed E-state index contributed by atoms with van der Waals surface area (Å²) >= 11 is 0. The minimum Gasteiger partial charge on any atom is -0.491 e. The average molecular weight is 411 g/mol. The zero-order valence-electron chi connectivity index (χ0n) is 15.9. The minimum absolute atomic E-state index is 0.0305. The summed E-state index contributed by atoms with van der Waals surface area (Å²) in [4.78, 5) is 24.1. The van der Waals surface area contributed by atoms with Gasteiger partial charge in [-0.15, -0.1) is 0 Å². The van der Waals surface area contributed by atoms with Crippen molar-refractivity contribution in [1.82, 2.24) is 0 Å². The maximum Gasteiger partial charge on any atom is 0.196 e. The summed E-state index contributed by atoms with van der Waals surface area (Å²) in [5, 5.41) is 10.6. The lowest BCUT2D eigenvalue weighted by Crippen LogP contribution is -2.25. The quantitative estimate of drug-likeness (QED) is 0.520. The normalized spacial score (nSPS) is 12.2. The van der Waals surface area contributed by atoms with Gasteiger partial charge in [-0.05, 0) is 25.1 Å². The molecule has 4 aromatic rings. The summed E-state index contributed by atoms with van der Waals surface area (Å²) in [6, 6.07) is 9.47. The highest BCUT2D eigenvalue weighted by Crippen LogP contribution is 2.24. The number of hydrogen-bond acceptors (Lipinski definition) is 7. The van der Waals surface area contributed by atoms with Gasteiger partial charge in [0.25, 0.3) is 0 Å². The van der Waals surface area contributed by atoms with Crippen molar-refractivity contribution >= 4 is 21.9 Å². The van der Waals surface area contributed by atoms with Crippen molar-refractivity contribution in [2.45, 2.75) is 13.0 Å². The number of hydrogen-bond donors (Lipinski definition) is 1. The average Bonchev–Trinajstić information content (AvgIpc) is 2.70. The summed E-state index contributed by atoms with van der Waals surface area (Å²) in [5.74, 6) is 0.210. The fraction of sp³-hybridized carbons (Fsp3) is 0.182. The van der Waals surface area contributed by atoms with Crippen LogP contribution in [0, 0.1) is 12.7 Å². The fourth-order valence-electron chi connectivity index (χ4n) is 3.03. The molecular formula is C22H17FO7. The molecule has 30 heavy (non-hydrogen) atoms. The number of aliphatic hydroxyl groups is 1. The molecule has 0 saturated heterocycles. The van der Waals surface area contributed by atoms with Crippen molar-refractivity contribution in [3.8, 4) is 11.5 Å². The van der Waals surface area contributed by atoms with Crippen LogP contribution in [0.1, 0.15) is 5.76 Å². The maximum absolute atomic E-state index is 13.7. The van der Waals surface area contributed by atoms with E-state index in [-0.39, 0.29) is 40.8 Å². The maximum atomic E-state index is 13.7. The van der Waals surface area contributed by atoms with E-state index in [2.05, 4.69) is 0 Å². The highest BCUT2D eigenvalue weighted by Gasteiger charge is 2.14. The zero-order valence-corrected chi connectivity index (χ0v) is 15.9. The van der Waals surface area contributed by atoms with Gasteiger partial charge in [-0.1, -0.05) is 0 Å². The van der Waals surface area contributed by atoms with Crippen LogP contribution in [0.3, 0.4) is 0 Å². The summed E-state index contributed by atoms with van der Waals surface area (Å²) < 4.78 is 35.3. The first kappa shape index (κ1) is 19.7. The van der Waals surface area contributed by atoms with Crippen molar-refractivity contribution in [3.63, 3.8) is 0 Å². The molecule has 0 amide bonds. The minimum atomic E-state index is -1.08. The van der Waals surface area contributed by atoms with Gasteiger partial charge in [0, 0.05) is 24.3 Å². The number of aryl methyl sites for hydroxylation is 1. The lowest BCUT2D eigenvalue weighted by molar-refractivity contribution is 0.0631. The van der Waals surface area contributed by atoms with Crippen LogP contribution < -0.4 is 20.3 Å². The first-order chi connectivity index (χ1) is 14.4. The van der Waals surface area contributed by atoms with Crippen LogP contribution in [-0.4, -0.2) is 24.4 Å². The summed E-state index contributed by atoms with van der Waals surface area (Å²) in [6.07, 6.45) is 0.0892. The summed E-state index contributed by atoms with van der Waals surface area (Å²) in [7, 11) is 0. The monoisotopic (exact) mass is 411 g/mol. The zero-order chi connectivity index (χ0) is 21.3. The Kier molecular flexibility index (Phi) is 5.24. The van der Waals surface area contributed by atoms with Gasteiger partial charge in [0.2, 0.25) is 0 Å². The Hall–Kier alpha value is -3.65. The van der Waals surface area contributed by atoms with E-state index in [1.54, 1.807) is 19.1 Å². The molecule has 8 heteroatoms. The molecule has 154 valence electrons. The molecule has 2 heterocycles. The molecule has 0 spiro atoms. The summed E-state index contributed by atoms with van der Waals surface area (Å²) in [5.41, 5.74) is -0.0939. The standard InChI is InChI=1S/C22H17FO7/c1-12-6-18(26)16-9-15(2-3-19(16)30-12)28-10-14(24)11-29-21-8-13(23)7-20-22(21)17(25)4-5-27-20/h2-9,14,24H,10-11H2,1H3/i23-1. The number of halogens is 1. The van der Waals surface area contributed by atoms with Crippen molar-refractivity contribution in [3.05, 3.63) is 80.8 Å². The molecule has 0 bridgehead atoms. The van der Waals surface area contributed by atoms with Gasteiger partial charge >= 0.3 is 0 Å². The molecule has 1 N–H and O–H groups in total. The molecule has 7 nitrogen and oxygen atoms in total. The van der Waals surface area contributed by atoms with Gasteiger partial charge in [-0.3, -0.25) is 9.59 Å². The third kappa shape index (κ3) is 4.04. The first-order valence-electron chi connectivity index (χ1n) is 9.10. The number of rotatable bonds is 6. The molecule has 2 aromatic heterocycles. The van der Waals surface area contributed by atoms with E-state index in [4.69, 9.17) is 18.3 Å². The molecule has 0 radical (unpaired) electrons. The van der Waals surface area contributed by atoms with E-state index >= 15 is 0 Å². The second-order valence-corrected chi connectivity index (χ2v) is 6.72. The molecular weight excluding hydrogens is 394 g/mol. The molecule has 0 aliphatic rings. The topological polar surface area (TPSA) is 99.1 Å². The Morgan fingerprint density at radius 2 is 1.80 bits per heavy atom. The van der Waals surface area contributed by atoms with Crippen molar-refractivity contribution in [2.75, 3.05) is 13.2 Å². The van der Waals surface area contributed by atoms with Crippen LogP contribution in [0.4, 0.5) is 4.39 Å². The predicted octanol–water partition coefficient (Wildman–Crippen LogP) is 3.17. The lowest BCUT2D eigenvalue weighted by Gasteiger charge is -2.14. The number of aliphatic hydroxyl groups excluding tert-OH is 1. The highest BCUT2D eigenvalue weighted by atomic mass is 18.2. The second kappa shape index (κ2) is 8.00. The fourth-order valence-corrected chi connectivity index (χ4v) is 3.03. The molecule has 2 aromatic carbocycles. The van der Waals surface area contributed by atoms with E-state index in [1.165, 1.54) is 24.5 Å². The van der Waals surface area contributed by atoms with Gasteiger partial charge in [0.1, 0.15) is 58.9 Å². The van der Waals surface area contributed by atoms with Crippen LogP contribution in [0.25, 0.3) is 21.9 Å². The van der Waals surface area contributed by atoms with Crippen molar-refractivity contribution in [1.29, 1.82) is 0 Å². The van der Waals surface area contributed by atoms with Crippen LogP contribution in [0.15, 0.2) is 67.2 Å².